The van der Waals surface area contributed by atoms with E-state index in [0.717, 1.165) is 106 Å². The van der Waals surface area contributed by atoms with Crippen molar-refractivity contribution in [1.29, 1.82) is 0 Å². The monoisotopic (exact) mass is 2100 g/mol. The van der Waals surface area contributed by atoms with Crippen LogP contribution in [0, 0.1) is 155 Å². The summed E-state index contributed by atoms with van der Waals surface area (Å²) in [5.41, 5.74) is 36.3. The van der Waals surface area contributed by atoms with Gasteiger partial charge in [-0.1, -0.05) is 149 Å². The third kappa shape index (κ3) is 61.9. The molecule has 9 aromatic heterocycles. The normalized spacial score (nSPS) is 10.7. The minimum absolute atomic E-state index is 0.110. The first-order valence-corrected chi connectivity index (χ1v) is 51.2. The van der Waals surface area contributed by atoms with Crippen molar-refractivity contribution in [1.82, 2.24) is 54.2 Å². The van der Waals surface area contributed by atoms with E-state index in [0.29, 0.717) is 34.6 Å². The molecule has 0 bridgehead atoms. The molecule has 0 saturated carbocycles. The number of halogens is 5. The van der Waals surface area contributed by atoms with Crippen LogP contribution < -0.4 is 31.6 Å². The Morgan fingerprint density at radius 1 is 0.470 bits per heavy atom. The van der Waals surface area contributed by atoms with Crippen LogP contribution in [-0.4, -0.2) is 138 Å². The molecule has 2 aliphatic heterocycles. The zero-order chi connectivity index (χ0) is 111. The predicted octanol–water partition coefficient (Wildman–Crippen LogP) is 28.2. The number of imidazole rings is 1. The first-order valence-electron chi connectivity index (χ1n) is 48.3. The minimum Gasteiger partial charge on any atom is -0.493 e. The van der Waals surface area contributed by atoms with Gasteiger partial charge in [-0.05, 0) is 350 Å². The highest BCUT2D eigenvalue weighted by atomic mass is 35.5. The molecule has 17 aromatic rings. The van der Waals surface area contributed by atoms with Gasteiger partial charge in [0.2, 0.25) is 5.95 Å². The summed E-state index contributed by atoms with van der Waals surface area (Å²) < 4.78 is 62.0. The molecule has 0 atom stereocenters. The maximum Gasteiger partial charge on any atom is 0.253 e. The van der Waals surface area contributed by atoms with E-state index in [1.165, 1.54) is 101 Å². The minimum atomic E-state index is -1.10. The number of aliphatic hydroxyl groups excluding tert-OH is 1. The lowest BCUT2D eigenvalue weighted by Gasteiger charge is -2.34. The van der Waals surface area contributed by atoms with E-state index in [4.69, 9.17) is 43.4 Å². The maximum absolute atomic E-state index is 13.2. The second-order valence-corrected chi connectivity index (χ2v) is 39.5. The number of nitrogens with two attached hydrogens (primary N) is 3. The zero-order valence-corrected chi connectivity index (χ0v) is 94.3. The molecule has 794 valence electrons. The molecule has 0 radical (unpaired) electrons. The lowest BCUT2D eigenvalue weighted by Crippen LogP contribution is -2.49. The number of hydrogen-bond donors (Lipinski definition) is 5. The van der Waals surface area contributed by atoms with Crippen molar-refractivity contribution in [3.8, 4) is 10.8 Å². The molecule has 1 fully saturated rings. The fraction of sp³-hybridized carbons (Fsp3) is 0.281. The number of piperazine rings is 1. The molecular formula is C121H152ClF4N15O5S3. The second-order valence-electron chi connectivity index (χ2n) is 35.6. The summed E-state index contributed by atoms with van der Waals surface area (Å²) >= 11 is 10.8. The van der Waals surface area contributed by atoms with Gasteiger partial charge in [0.15, 0.2) is 5.06 Å². The lowest BCUT2D eigenvalue weighted by molar-refractivity contribution is 0.0614. The van der Waals surface area contributed by atoms with Gasteiger partial charge in [-0.25, -0.2) is 52.4 Å². The predicted molar refractivity (Wildman–Crippen MR) is 617 cm³/mol. The van der Waals surface area contributed by atoms with Crippen molar-refractivity contribution in [3.63, 3.8) is 0 Å². The van der Waals surface area contributed by atoms with E-state index in [2.05, 4.69) is 184 Å². The van der Waals surface area contributed by atoms with Crippen LogP contribution >= 0.6 is 45.6 Å². The number of hydrogen-bond acceptors (Lipinski definition) is 21. The molecule has 0 aliphatic carbocycles. The smallest absolute Gasteiger partial charge is 0.253 e. The fourth-order valence-corrected chi connectivity index (χ4v) is 14.5. The average Bonchev–Trinajstić information content (AvgIpc) is 1.72. The second kappa shape index (κ2) is 73.0. The largest absolute Gasteiger partial charge is 0.493 e. The van der Waals surface area contributed by atoms with Crippen molar-refractivity contribution in [2.45, 2.75) is 157 Å². The molecule has 19 rings (SSSR count). The van der Waals surface area contributed by atoms with Crippen LogP contribution in [0.3, 0.4) is 0 Å². The summed E-state index contributed by atoms with van der Waals surface area (Å²) in [6.07, 6.45) is 20.5. The summed E-state index contributed by atoms with van der Waals surface area (Å²) in [7, 11) is 7.72. The standard InChI is InChI=1S/C14H20N2O2.C10H13FO.C9H13N.C9H10O.3C7H7F.C7H9N.C6H6ClN.2C6H8N2.C6H7N.C6H8OS.2C6H8S.C5H7N3.C4H6N2/c1-12-2-4-13(5-3-12)14(18)16-8-6-15(7-9-16)10-11-17;1-7-4-5-8(9(11)6-7)10(2,3)12;1-8-5-4-6-9(7-8)10(2)3;1-7-2-3-9-8(6-7)4-5-10-9;1-6-2-4-7(8)5-3-6;1-6-3-2-4-7(8)5-6;1-6-4-2-3-5-7(6)8;1-6-2-4-7(8)5-3-6;1-5-2-3-8-6(7)4-5;1-5-3-7-6(2)8-4-5;1-5-2-3-6(7)8-4-5;1-6-3-2-4-7-5-6;1-5-3-6(7-2)8-4-5;1-5-3-6(2)7-4-5;1-5-3-4-6(2)7-5;1-4-2-7-5(6)8-3-4;1-6-3-2-5-4-6/h2-5,17H,6-11H2,1H3;4-6,12H,1-3H3;4-7H,1-3H3;2-3,6H,4-5H2,1H3;3*2-5H,1H3;2-5H,8H2,1H3;2-4H,1H3;3-4H,1-2H3;2-4H,1H3,(H2,7,8);2-5H,1H3;3-4H,1-2H3;2*3-4H,1-2H3;2-3H,1H3,(H2,6,7,8);2-4H,1H3. The molecule has 8 N–H and O–H groups in total. The fourth-order valence-electron chi connectivity index (χ4n) is 12.0. The lowest BCUT2D eigenvalue weighted by atomic mass is 9.97. The molecule has 149 heavy (non-hydrogen) atoms. The number of nitrogen functional groups attached to an aromatic ring is 3. The SMILES string of the molecule is COc1cc(C)cs1.Cc1ccc(C(=O)N2CCN(CCO)CC2)cc1.Cc1ccc(C(C)(C)O)c(F)c1.Cc1ccc(C)s1.Cc1ccc(F)cc1.Cc1ccc(N)cc1.Cc1ccc(N)nc1.Cc1ccc2c(c1)CCO2.Cc1cccc(F)c1.Cc1cccc(N(C)C)c1.Cc1ccccc1F.Cc1cccnc1.Cc1ccnc(Cl)c1.Cc1cnc(C)nc1.Cc1cnc(N)nc1.Cc1csc(C)c1.Cn1ccnc1. The number of pyridine rings is 3. The van der Waals surface area contributed by atoms with Gasteiger partial charge in [0.25, 0.3) is 5.91 Å². The van der Waals surface area contributed by atoms with Crippen molar-refractivity contribution >= 4 is 74.7 Å². The van der Waals surface area contributed by atoms with E-state index in [-0.39, 0.29) is 35.8 Å². The van der Waals surface area contributed by atoms with Crippen molar-refractivity contribution in [2.75, 3.05) is 89.2 Å². The van der Waals surface area contributed by atoms with E-state index in [1.807, 2.05) is 226 Å². The van der Waals surface area contributed by atoms with Crippen molar-refractivity contribution < 1.29 is 42.0 Å². The average molecular weight is 2100 g/mol. The number of fused-ring (bicyclic) bond motifs is 1. The number of aromatic nitrogens is 9. The Morgan fingerprint density at radius 2 is 0.993 bits per heavy atom. The summed E-state index contributed by atoms with van der Waals surface area (Å²) in [5, 5.41) is 24.2. The Bertz CT molecular complexity index is 5930. The number of methoxy groups -OCH3 is 1. The number of thiophene rings is 3. The summed E-state index contributed by atoms with van der Waals surface area (Å²) in [4.78, 5) is 53.4. The molecule has 11 heterocycles. The third-order valence-electron chi connectivity index (χ3n) is 20.3. The number of rotatable bonds is 6. The van der Waals surface area contributed by atoms with Crippen LogP contribution in [0.5, 0.6) is 10.8 Å². The Hall–Kier alpha value is -14.2. The summed E-state index contributed by atoms with van der Waals surface area (Å²) in [5.74, 6) is 2.11. The third-order valence-corrected chi connectivity index (χ3v) is 23.4. The number of aryl methyl sites for hydroxylation is 20. The molecule has 28 heteroatoms. The van der Waals surface area contributed by atoms with Gasteiger partial charge in [-0.15, -0.1) is 34.0 Å². The number of amides is 1. The van der Waals surface area contributed by atoms with Crippen LogP contribution in [0.15, 0.2) is 322 Å². The van der Waals surface area contributed by atoms with Gasteiger partial charge in [0.05, 0.1) is 32.3 Å². The van der Waals surface area contributed by atoms with E-state index < -0.39 is 5.60 Å². The Labute approximate surface area is 900 Å². The highest BCUT2D eigenvalue weighted by molar-refractivity contribution is 7.12. The van der Waals surface area contributed by atoms with Crippen LogP contribution in [0.25, 0.3) is 0 Å². The van der Waals surface area contributed by atoms with Gasteiger partial charge in [-0.3, -0.25) is 14.7 Å². The molecule has 2 aliphatic rings. The Morgan fingerprint density at radius 3 is 1.36 bits per heavy atom. The Balaban J connectivity index is 0.000000409. The van der Waals surface area contributed by atoms with Crippen LogP contribution in [0.1, 0.15) is 139 Å². The number of anilines is 4. The quantitative estimate of drug-likeness (QED) is 0.0588. The highest BCUT2D eigenvalue weighted by Crippen LogP contribution is 2.27. The number of nitrogens with zero attached hydrogens (tertiary/aromatic N) is 12. The number of ether oxygens (including phenoxy) is 2. The number of benzene rings is 8. The molecule has 20 nitrogen and oxygen atoms in total. The van der Waals surface area contributed by atoms with E-state index >= 15 is 0 Å². The van der Waals surface area contributed by atoms with Crippen molar-refractivity contribution in [2.24, 2.45) is 7.05 Å². The van der Waals surface area contributed by atoms with Crippen molar-refractivity contribution in [3.05, 3.63) is 471 Å². The molecule has 8 aromatic carbocycles. The summed E-state index contributed by atoms with van der Waals surface area (Å²) in [6.45, 7) is 46.0. The zero-order valence-electron chi connectivity index (χ0n) is 91.1. The molecule has 0 spiro atoms. The molecule has 1 amide bonds. The number of aliphatic hydroxyl groups is 2. The van der Waals surface area contributed by atoms with E-state index in [9.17, 15) is 27.5 Å². The maximum atomic E-state index is 13.2. The highest BCUT2D eigenvalue weighted by Gasteiger charge is 2.22. The van der Waals surface area contributed by atoms with Gasteiger partial charge >= 0.3 is 0 Å². The molecular weight excluding hydrogens is 1950 g/mol. The van der Waals surface area contributed by atoms with Gasteiger partial charge < -0.3 is 51.3 Å². The van der Waals surface area contributed by atoms with Crippen LogP contribution in [-0.2, 0) is 19.1 Å². The van der Waals surface area contributed by atoms with Crippen LogP contribution in [0.4, 0.5) is 40.7 Å². The van der Waals surface area contributed by atoms with Crippen LogP contribution in [0.2, 0.25) is 5.15 Å². The Kier molecular flexibility index (Phi) is 63.2. The first kappa shape index (κ1) is 129. The van der Waals surface area contributed by atoms with Gasteiger partial charge in [-0.2, -0.15) is 0 Å². The number of carbonyl (C=O) groups is 1. The number of β-amino-alcohol motifs (C(OH)–C–C–N with tert-alkyl or cyclic N) is 1. The topological polar surface area (TPSA) is 272 Å². The van der Waals surface area contributed by atoms with Gasteiger partial charge in [0, 0.05) is 159 Å². The molecule has 0 unspecified atom stereocenters. The summed E-state index contributed by atoms with van der Waals surface area (Å²) in [6, 6.07) is 74.6. The number of carbonyl (C=O) groups excluding carboxylic acids is 1. The van der Waals surface area contributed by atoms with E-state index in [1.54, 1.807) is 143 Å². The molecule has 1 saturated heterocycles. The van der Waals surface area contributed by atoms with Gasteiger partial charge in [0.1, 0.15) is 45.8 Å². The first-order chi connectivity index (χ1) is 70.7.